The van der Waals surface area contributed by atoms with Crippen LogP contribution in [0.5, 0.6) is 0 Å². The van der Waals surface area contributed by atoms with Crippen molar-refractivity contribution in [1.29, 1.82) is 0 Å². The highest BCUT2D eigenvalue weighted by Gasteiger charge is 2.33. The molecule has 6 heteroatoms. The van der Waals surface area contributed by atoms with Gasteiger partial charge in [-0.1, -0.05) is 0 Å². The molecule has 3 aliphatic rings. The highest BCUT2D eigenvalue weighted by atomic mass is 16.2. The maximum Gasteiger partial charge on any atom is 0.273 e. The molecular formula is C17H25N5O. The smallest absolute Gasteiger partial charge is 0.273 e. The van der Waals surface area contributed by atoms with Crippen LogP contribution in [0.4, 0.5) is 11.8 Å². The van der Waals surface area contributed by atoms with Gasteiger partial charge in [0.1, 0.15) is 11.5 Å². The Morgan fingerprint density at radius 2 is 1.43 bits per heavy atom. The fourth-order valence-electron chi connectivity index (χ4n) is 3.88. The van der Waals surface area contributed by atoms with Gasteiger partial charge in [-0.25, -0.2) is 4.98 Å². The van der Waals surface area contributed by atoms with Gasteiger partial charge in [0.05, 0.1) is 6.54 Å². The molecule has 2 saturated heterocycles. The molecule has 0 saturated carbocycles. The summed E-state index contributed by atoms with van der Waals surface area (Å²) in [5, 5.41) is 0. The lowest BCUT2D eigenvalue weighted by Crippen LogP contribution is -2.34. The molecule has 0 unspecified atom stereocenters. The summed E-state index contributed by atoms with van der Waals surface area (Å²) in [4.78, 5) is 28.4. The normalized spacial score (nSPS) is 21.8. The summed E-state index contributed by atoms with van der Waals surface area (Å²) >= 11 is 0. The van der Waals surface area contributed by atoms with Crippen LogP contribution in [0.25, 0.3) is 0 Å². The molecular weight excluding hydrogens is 290 g/mol. The van der Waals surface area contributed by atoms with Crippen LogP contribution in [0.2, 0.25) is 0 Å². The lowest BCUT2D eigenvalue weighted by Gasteiger charge is -2.31. The number of carbonyl (C=O) groups excluding carboxylic acids is 1. The topological polar surface area (TPSA) is 52.6 Å². The van der Waals surface area contributed by atoms with Crippen LogP contribution in [-0.4, -0.2) is 54.0 Å². The third-order valence-corrected chi connectivity index (χ3v) is 5.21. The highest BCUT2D eigenvalue weighted by Crippen LogP contribution is 2.32. The molecule has 2 fully saturated rings. The Hall–Kier alpha value is -1.85. The van der Waals surface area contributed by atoms with Crippen molar-refractivity contribution in [2.75, 3.05) is 43.0 Å². The van der Waals surface area contributed by atoms with Crippen molar-refractivity contribution >= 4 is 17.7 Å². The van der Waals surface area contributed by atoms with E-state index in [-0.39, 0.29) is 5.91 Å². The molecule has 124 valence electrons. The zero-order valence-corrected chi connectivity index (χ0v) is 13.9. The minimum absolute atomic E-state index is 0.0407. The van der Waals surface area contributed by atoms with Gasteiger partial charge in [0, 0.05) is 38.8 Å². The third kappa shape index (κ3) is 2.64. The summed E-state index contributed by atoms with van der Waals surface area (Å²) < 4.78 is 0. The molecule has 4 heterocycles. The first kappa shape index (κ1) is 14.7. The standard InChI is InChI=1S/C17H25N5O/c1-20-12-13-14(16(20)23)18-17(22-10-6-3-7-11-22)19-15(13)21-8-4-2-5-9-21/h2-12H2,1H3. The predicted octanol–water partition coefficient (Wildman–Crippen LogP) is 2.04. The summed E-state index contributed by atoms with van der Waals surface area (Å²) in [6.07, 6.45) is 7.37. The lowest BCUT2D eigenvalue weighted by molar-refractivity contribution is 0.0812. The van der Waals surface area contributed by atoms with E-state index >= 15 is 0 Å². The molecule has 0 spiro atoms. The van der Waals surface area contributed by atoms with Gasteiger partial charge in [-0.15, -0.1) is 0 Å². The van der Waals surface area contributed by atoms with Gasteiger partial charge in [-0.05, 0) is 38.5 Å². The van der Waals surface area contributed by atoms with E-state index in [1.165, 1.54) is 38.5 Å². The van der Waals surface area contributed by atoms with E-state index in [2.05, 4.69) is 14.8 Å². The third-order valence-electron chi connectivity index (χ3n) is 5.21. The molecule has 0 bridgehead atoms. The molecule has 0 atom stereocenters. The zero-order chi connectivity index (χ0) is 15.8. The molecule has 3 aliphatic heterocycles. The maximum absolute atomic E-state index is 12.5. The second kappa shape index (κ2) is 5.98. The Bertz CT molecular complexity index is 605. The van der Waals surface area contributed by atoms with Crippen molar-refractivity contribution in [3.8, 4) is 0 Å². The minimum atomic E-state index is 0.0407. The van der Waals surface area contributed by atoms with E-state index < -0.39 is 0 Å². The van der Waals surface area contributed by atoms with E-state index in [4.69, 9.17) is 4.98 Å². The van der Waals surface area contributed by atoms with E-state index in [1.54, 1.807) is 4.90 Å². The molecule has 1 aromatic rings. The Balaban J connectivity index is 1.75. The van der Waals surface area contributed by atoms with E-state index in [0.717, 1.165) is 43.5 Å². The summed E-state index contributed by atoms with van der Waals surface area (Å²) in [7, 11) is 1.85. The minimum Gasteiger partial charge on any atom is -0.356 e. The Morgan fingerprint density at radius 1 is 0.826 bits per heavy atom. The fourth-order valence-corrected chi connectivity index (χ4v) is 3.88. The van der Waals surface area contributed by atoms with Crippen LogP contribution in [-0.2, 0) is 6.54 Å². The number of nitrogens with zero attached hydrogens (tertiary/aromatic N) is 5. The number of anilines is 2. The van der Waals surface area contributed by atoms with Gasteiger partial charge < -0.3 is 14.7 Å². The lowest BCUT2D eigenvalue weighted by atomic mass is 10.1. The van der Waals surface area contributed by atoms with Gasteiger partial charge in [0.2, 0.25) is 5.95 Å². The summed E-state index contributed by atoms with van der Waals surface area (Å²) in [5.74, 6) is 1.81. The number of rotatable bonds is 2. The number of fused-ring (bicyclic) bond motifs is 1. The highest BCUT2D eigenvalue weighted by molar-refractivity contribution is 5.98. The second-order valence-electron chi connectivity index (χ2n) is 6.93. The number of aromatic nitrogens is 2. The number of hydrogen-bond donors (Lipinski definition) is 0. The molecule has 0 aliphatic carbocycles. The van der Waals surface area contributed by atoms with Gasteiger partial charge in [-0.2, -0.15) is 4.98 Å². The van der Waals surface area contributed by atoms with Crippen LogP contribution in [0.1, 0.15) is 54.6 Å². The van der Waals surface area contributed by atoms with Crippen LogP contribution in [0.15, 0.2) is 0 Å². The van der Waals surface area contributed by atoms with E-state index in [1.807, 2.05) is 7.05 Å². The van der Waals surface area contributed by atoms with Crippen molar-refractivity contribution in [3.05, 3.63) is 11.3 Å². The maximum atomic E-state index is 12.5. The average Bonchev–Trinajstić information content (AvgIpc) is 2.90. The Morgan fingerprint density at radius 3 is 2.09 bits per heavy atom. The molecule has 1 aromatic heterocycles. The van der Waals surface area contributed by atoms with Crippen molar-refractivity contribution in [2.24, 2.45) is 0 Å². The number of piperidine rings is 2. The zero-order valence-electron chi connectivity index (χ0n) is 13.9. The monoisotopic (exact) mass is 315 g/mol. The largest absolute Gasteiger partial charge is 0.356 e. The number of carbonyl (C=O) groups is 1. The molecule has 1 amide bonds. The van der Waals surface area contributed by atoms with Crippen molar-refractivity contribution in [1.82, 2.24) is 14.9 Å². The summed E-state index contributed by atoms with van der Waals surface area (Å²) in [6, 6.07) is 0. The second-order valence-corrected chi connectivity index (χ2v) is 6.93. The van der Waals surface area contributed by atoms with E-state index in [0.29, 0.717) is 12.2 Å². The average molecular weight is 315 g/mol. The van der Waals surface area contributed by atoms with E-state index in [9.17, 15) is 4.79 Å². The molecule has 23 heavy (non-hydrogen) atoms. The number of amides is 1. The first-order chi connectivity index (χ1) is 11.2. The summed E-state index contributed by atoms with van der Waals surface area (Å²) in [5.41, 5.74) is 1.66. The molecule has 4 rings (SSSR count). The molecule has 0 N–H and O–H groups in total. The number of hydrogen-bond acceptors (Lipinski definition) is 5. The van der Waals surface area contributed by atoms with Gasteiger partial charge in [-0.3, -0.25) is 4.79 Å². The Kier molecular flexibility index (Phi) is 3.83. The molecule has 0 radical (unpaired) electrons. The van der Waals surface area contributed by atoms with Crippen LogP contribution in [0.3, 0.4) is 0 Å². The van der Waals surface area contributed by atoms with Gasteiger partial charge in [0.15, 0.2) is 0 Å². The first-order valence-corrected chi connectivity index (χ1v) is 8.90. The fraction of sp³-hybridized carbons (Fsp3) is 0.706. The van der Waals surface area contributed by atoms with Crippen LogP contribution in [0, 0.1) is 0 Å². The quantitative estimate of drug-likeness (QED) is 0.836. The van der Waals surface area contributed by atoms with Gasteiger partial charge >= 0.3 is 0 Å². The van der Waals surface area contributed by atoms with Crippen LogP contribution < -0.4 is 9.80 Å². The summed E-state index contributed by atoms with van der Waals surface area (Å²) in [6.45, 7) is 4.73. The molecule has 6 nitrogen and oxygen atoms in total. The van der Waals surface area contributed by atoms with Gasteiger partial charge in [0.25, 0.3) is 5.91 Å². The first-order valence-electron chi connectivity index (χ1n) is 8.90. The molecule has 0 aromatic carbocycles. The Labute approximate surface area is 137 Å². The van der Waals surface area contributed by atoms with Crippen molar-refractivity contribution < 1.29 is 4.79 Å². The van der Waals surface area contributed by atoms with Crippen molar-refractivity contribution in [2.45, 2.75) is 45.1 Å². The van der Waals surface area contributed by atoms with Crippen LogP contribution >= 0.6 is 0 Å². The SMILES string of the molecule is CN1Cc2c(nc(N3CCCCC3)nc2N2CCCCC2)C1=O. The predicted molar refractivity (Wildman–Crippen MR) is 90.0 cm³/mol. The van der Waals surface area contributed by atoms with Crippen molar-refractivity contribution in [3.63, 3.8) is 0 Å².